The lowest BCUT2D eigenvalue weighted by atomic mass is 9.93. The molecule has 0 spiro atoms. The van der Waals surface area contributed by atoms with Gasteiger partial charge in [-0.2, -0.15) is 0 Å². The largest absolute Gasteiger partial charge is 0.573 e. The number of fused-ring (bicyclic) bond motifs is 1. The van der Waals surface area contributed by atoms with Crippen molar-refractivity contribution in [1.82, 2.24) is 14.7 Å². The van der Waals surface area contributed by atoms with E-state index in [1.807, 2.05) is 18.3 Å². The number of alkyl halides is 3. The molecule has 2 aromatic carbocycles. The lowest BCUT2D eigenvalue weighted by molar-refractivity contribution is -0.274. The molecule has 0 aliphatic heterocycles. The zero-order valence-corrected chi connectivity index (χ0v) is 16.0. The van der Waals surface area contributed by atoms with Crippen LogP contribution >= 0.6 is 0 Å². The molecule has 0 aliphatic rings. The number of benzene rings is 2. The quantitative estimate of drug-likeness (QED) is 0.430. The molecular weight excluding hydrogens is 383 g/mol. The van der Waals surface area contributed by atoms with Gasteiger partial charge in [0, 0.05) is 11.6 Å². The first-order chi connectivity index (χ1) is 13.6. The SMILES string of the molecule is CC(C)(C)c1cn(-c2noc3ccc(-c4ccc(OC(F)(F)F)cc4)cc23)cn1. The van der Waals surface area contributed by atoms with Gasteiger partial charge >= 0.3 is 6.36 Å². The van der Waals surface area contributed by atoms with E-state index < -0.39 is 6.36 Å². The second-order valence-corrected chi connectivity index (χ2v) is 7.71. The van der Waals surface area contributed by atoms with E-state index >= 15 is 0 Å². The maximum absolute atomic E-state index is 12.3. The van der Waals surface area contributed by atoms with E-state index in [1.54, 1.807) is 29.1 Å². The third-order valence-corrected chi connectivity index (χ3v) is 4.47. The van der Waals surface area contributed by atoms with Crippen molar-refractivity contribution < 1.29 is 22.4 Å². The minimum absolute atomic E-state index is 0.101. The lowest BCUT2D eigenvalue weighted by Gasteiger charge is -2.13. The fraction of sp³-hybridized carbons (Fsp3) is 0.238. The molecule has 0 radical (unpaired) electrons. The molecule has 0 unspecified atom stereocenters. The highest BCUT2D eigenvalue weighted by Gasteiger charge is 2.31. The highest BCUT2D eigenvalue weighted by atomic mass is 19.4. The number of ether oxygens (including phenoxy) is 1. The van der Waals surface area contributed by atoms with Crippen LogP contribution in [0.15, 0.2) is 59.5 Å². The topological polar surface area (TPSA) is 53.1 Å². The first-order valence-electron chi connectivity index (χ1n) is 8.91. The van der Waals surface area contributed by atoms with Gasteiger partial charge in [0.25, 0.3) is 0 Å². The van der Waals surface area contributed by atoms with Gasteiger partial charge in [-0.3, -0.25) is 4.57 Å². The molecule has 0 atom stereocenters. The summed E-state index contributed by atoms with van der Waals surface area (Å²) in [6.07, 6.45) is -1.12. The summed E-state index contributed by atoms with van der Waals surface area (Å²) in [4.78, 5) is 4.45. The molecule has 4 aromatic rings. The summed E-state index contributed by atoms with van der Waals surface area (Å²) < 4.78 is 48.2. The van der Waals surface area contributed by atoms with Crippen LogP contribution in [0.3, 0.4) is 0 Å². The van der Waals surface area contributed by atoms with E-state index in [1.165, 1.54) is 12.1 Å². The van der Waals surface area contributed by atoms with E-state index in [-0.39, 0.29) is 11.2 Å². The van der Waals surface area contributed by atoms with Crippen molar-refractivity contribution in [3.8, 4) is 22.7 Å². The Kier molecular flexibility index (Phi) is 4.37. The summed E-state index contributed by atoms with van der Waals surface area (Å²) in [5.41, 5.74) is 2.99. The normalized spacial score (nSPS) is 12.5. The molecule has 8 heteroatoms. The summed E-state index contributed by atoms with van der Waals surface area (Å²) in [6.45, 7) is 6.22. The number of rotatable bonds is 3. The van der Waals surface area contributed by atoms with Crippen molar-refractivity contribution in [2.75, 3.05) is 0 Å². The summed E-state index contributed by atoms with van der Waals surface area (Å²) in [6, 6.07) is 11.2. The summed E-state index contributed by atoms with van der Waals surface area (Å²) >= 11 is 0. The van der Waals surface area contributed by atoms with E-state index in [2.05, 4.69) is 35.6 Å². The van der Waals surface area contributed by atoms with Crippen LogP contribution in [-0.2, 0) is 5.41 Å². The van der Waals surface area contributed by atoms with Crippen LogP contribution in [-0.4, -0.2) is 21.1 Å². The Labute approximate surface area is 164 Å². The molecule has 150 valence electrons. The minimum Gasteiger partial charge on any atom is -0.406 e. The molecule has 0 saturated carbocycles. The van der Waals surface area contributed by atoms with Crippen LogP contribution in [0.25, 0.3) is 27.9 Å². The lowest BCUT2D eigenvalue weighted by Crippen LogP contribution is -2.16. The Morgan fingerprint density at radius 1 is 0.966 bits per heavy atom. The molecule has 0 saturated heterocycles. The highest BCUT2D eigenvalue weighted by Crippen LogP contribution is 2.31. The third kappa shape index (κ3) is 3.96. The van der Waals surface area contributed by atoms with Crippen LogP contribution in [0.4, 0.5) is 13.2 Å². The van der Waals surface area contributed by atoms with Crippen molar-refractivity contribution in [2.45, 2.75) is 32.5 Å². The zero-order chi connectivity index (χ0) is 20.8. The van der Waals surface area contributed by atoms with Gasteiger partial charge in [-0.15, -0.1) is 13.2 Å². The summed E-state index contributed by atoms with van der Waals surface area (Å²) in [7, 11) is 0. The first-order valence-corrected chi connectivity index (χ1v) is 8.91. The number of hydrogen-bond donors (Lipinski definition) is 0. The Morgan fingerprint density at radius 3 is 2.28 bits per heavy atom. The van der Waals surface area contributed by atoms with Crippen molar-refractivity contribution in [1.29, 1.82) is 0 Å². The monoisotopic (exact) mass is 401 g/mol. The Hall–Kier alpha value is -3.29. The molecule has 4 rings (SSSR count). The summed E-state index contributed by atoms with van der Waals surface area (Å²) in [5, 5.41) is 4.93. The van der Waals surface area contributed by atoms with Gasteiger partial charge in [-0.05, 0) is 35.4 Å². The van der Waals surface area contributed by atoms with Gasteiger partial charge in [-0.1, -0.05) is 44.1 Å². The zero-order valence-electron chi connectivity index (χ0n) is 16.0. The molecule has 2 aromatic heterocycles. The van der Waals surface area contributed by atoms with Crippen molar-refractivity contribution in [3.05, 3.63) is 60.7 Å². The van der Waals surface area contributed by atoms with E-state index in [0.29, 0.717) is 11.4 Å². The molecule has 0 aliphatic carbocycles. The minimum atomic E-state index is -4.71. The van der Waals surface area contributed by atoms with E-state index in [0.717, 1.165) is 22.2 Å². The van der Waals surface area contributed by atoms with Gasteiger partial charge in [0.05, 0.1) is 11.1 Å². The first kappa shape index (κ1) is 19.0. The average molecular weight is 401 g/mol. The van der Waals surface area contributed by atoms with Gasteiger partial charge in [0.1, 0.15) is 12.1 Å². The number of hydrogen-bond acceptors (Lipinski definition) is 4. The summed E-state index contributed by atoms with van der Waals surface area (Å²) in [5.74, 6) is 0.336. The number of halogens is 3. The number of nitrogens with zero attached hydrogens (tertiary/aromatic N) is 3. The average Bonchev–Trinajstić information content (AvgIpc) is 3.27. The molecular formula is C21H18F3N3O2. The fourth-order valence-electron chi connectivity index (χ4n) is 2.97. The third-order valence-electron chi connectivity index (χ3n) is 4.47. The van der Waals surface area contributed by atoms with Crippen LogP contribution in [0, 0.1) is 0 Å². The van der Waals surface area contributed by atoms with Crippen LogP contribution in [0.2, 0.25) is 0 Å². The van der Waals surface area contributed by atoms with Gasteiger partial charge in [-0.25, -0.2) is 4.98 Å². The maximum Gasteiger partial charge on any atom is 0.573 e. The molecule has 0 fully saturated rings. The second-order valence-electron chi connectivity index (χ2n) is 7.71. The Bertz CT molecular complexity index is 1150. The fourth-order valence-corrected chi connectivity index (χ4v) is 2.97. The van der Waals surface area contributed by atoms with Gasteiger partial charge in [0.2, 0.25) is 0 Å². The molecule has 5 nitrogen and oxygen atoms in total. The molecule has 0 N–H and O–H groups in total. The molecule has 0 amide bonds. The highest BCUT2D eigenvalue weighted by molar-refractivity contribution is 5.88. The second kappa shape index (κ2) is 6.65. The molecule has 29 heavy (non-hydrogen) atoms. The standard InChI is InChI=1S/C21H18F3N3O2/c1-20(2,3)18-11-27(12-25-18)19-16-10-14(6-9-17(16)29-26-19)13-4-7-15(8-5-13)28-21(22,23)24/h4-12H,1-3H3. The maximum atomic E-state index is 12.3. The van der Waals surface area contributed by atoms with Crippen LogP contribution in [0.1, 0.15) is 26.5 Å². The predicted molar refractivity (Wildman–Crippen MR) is 102 cm³/mol. The predicted octanol–water partition coefficient (Wildman–Crippen LogP) is 5.88. The number of aromatic nitrogens is 3. The van der Waals surface area contributed by atoms with E-state index in [4.69, 9.17) is 4.52 Å². The van der Waals surface area contributed by atoms with Crippen LogP contribution in [0.5, 0.6) is 5.75 Å². The van der Waals surface area contributed by atoms with Crippen molar-refractivity contribution in [2.24, 2.45) is 0 Å². The number of imidazole rings is 1. The van der Waals surface area contributed by atoms with Gasteiger partial charge in [0.15, 0.2) is 11.4 Å². The van der Waals surface area contributed by atoms with Gasteiger partial charge < -0.3 is 9.26 Å². The molecule has 0 bridgehead atoms. The van der Waals surface area contributed by atoms with Crippen molar-refractivity contribution >= 4 is 11.0 Å². The Balaban J connectivity index is 1.69. The Morgan fingerprint density at radius 2 is 1.66 bits per heavy atom. The van der Waals surface area contributed by atoms with Crippen molar-refractivity contribution in [3.63, 3.8) is 0 Å². The van der Waals surface area contributed by atoms with E-state index in [9.17, 15) is 13.2 Å². The molecule has 2 heterocycles. The smallest absolute Gasteiger partial charge is 0.406 e. The van der Waals surface area contributed by atoms with Crippen LogP contribution < -0.4 is 4.74 Å².